The normalized spacial score (nSPS) is 15.8. The zero-order valence-electron chi connectivity index (χ0n) is 21.4. The molecule has 2 aliphatic rings. The highest BCUT2D eigenvalue weighted by Gasteiger charge is 2.41. The largest absolute Gasteiger partial charge is 0.337 e. The van der Waals surface area contributed by atoms with Crippen LogP contribution in [-0.2, 0) is 0 Å². The summed E-state index contributed by atoms with van der Waals surface area (Å²) in [6.45, 7) is 6.27. The summed E-state index contributed by atoms with van der Waals surface area (Å²) in [4.78, 5) is 13.9. The van der Waals surface area contributed by atoms with Gasteiger partial charge in [-0.25, -0.2) is 14.7 Å². The van der Waals surface area contributed by atoms with Crippen molar-refractivity contribution in [3.8, 4) is 5.69 Å². The summed E-state index contributed by atoms with van der Waals surface area (Å²) in [5.41, 5.74) is 8.41. The average molecular weight is 515 g/mol. The van der Waals surface area contributed by atoms with Crippen LogP contribution in [0.2, 0.25) is 0 Å². The van der Waals surface area contributed by atoms with Gasteiger partial charge in [-0.3, -0.25) is 0 Å². The molecule has 0 aliphatic carbocycles. The Morgan fingerprint density at radius 2 is 1.53 bits per heavy atom. The highest BCUT2D eigenvalue weighted by molar-refractivity contribution is 7.10. The molecule has 0 fully saturated rings. The Morgan fingerprint density at radius 3 is 2.26 bits per heavy atom. The zero-order valence-corrected chi connectivity index (χ0v) is 22.2. The van der Waals surface area contributed by atoms with E-state index in [0.717, 1.165) is 45.7 Å². The Labute approximate surface area is 225 Å². The van der Waals surface area contributed by atoms with Crippen molar-refractivity contribution in [2.75, 3.05) is 10.2 Å². The van der Waals surface area contributed by atoms with Crippen molar-refractivity contribution in [1.29, 1.82) is 0 Å². The monoisotopic (exact) mass is 514 g/mol. The fourth-order valence-electron chi connectivity index (χ4n) is 5.15. The number of amidine groups is 2. The second kappa shape index (κ2) is 8.82. The van der Waals surface area contributed by atoms with Crippen LogP contribution in [0.25, 0.3) is 5.69 Å². The highest BCUT2D eigenvalue weighted by Crippen LogP contribution is 2.49. The number of para-hydroxylation sites is 2. The van der Waals surface area contributed by atoms with Crippen LogP contribution in [0.1, 0.15) is 33.3 Å². The summed E-state index contributed by atoms with van der Waals surface area (Å²) in [6, 6.07) is 29.3. The standard InChI is InChI=1S/C31H26N6S/c1-19-10-14-22(15-11-19)32-29-31-34-30-27(21(3)35-37(30)23-16-12-20(2)13-17-23)28(26-9-6-18-38-26)36(31)25-8-5-4-7-24(25)33-29/h4-18,28H,1-3H3,(H,32,33). The minimum absolute atomic E-state index is 0.0804. The van der Waals surface area contributed by atoms with E-state index >= 15 is 0 Å². The number of aliphatic imine (C=N–C) groups is 2. The molecule has 0 saturated heterocycles. The molecule has 0 saturated carbocycles. The average Bonchev–Trinajstić information content (AvgIpc) is 3.58. The molecule has 38 heavy (non-hydrogen) atoms. The lowest BCUT2D eigenvalue weighted by atomic mass is 9.98. The maximum Gasteiger partial charge on any atom is 0.179 e. The summed E-state index contributed by atoms with van der Waals surface area (Å²) in [5, 5.41) is 10.7. The number of thiophene rings is 1. The third-order valence-electron chi connectivity index (χ3n) is 7.04. The summed E-state index contributed by atoms with van der Waals surface area (Å²) >= 11 is 1.75. The molecular weight excluding hydrogens is 488 g/mol. The van der Waals surface area contributed by atoms with Gasteiger partial charge in [0, 0.05) is 16.1 Å². The molecule has 4 heterocycles. The summed E-state index contributed by atoms with van der Waals surface area (Å²) < 4.78 is 1.97. The van der Waals surface area contributed by atoms with Gasteiger partial charge in [-0.15, -0.1) is 11.3 Å². The molecule has 0 spiro atoms. The number of nitrogens with zero attached hydrogens (tertiary/aromatic N) is 5. The van der Waals surface area contributed by atoms with Crippen molar-refractivity contribution in [2.45, 2.75) is 26.8 Å². The fourth-order valence-corrected chi connectivity index (χ4v) is 5.98. The zero-order chi connectivity index (χ0) is 25.8. The second-order valence-corrected chi connectivity index (χ2v) is 10.7. The Hall–Kier alpha value is -4.49. The third-order valence-corrected chi connectivity index (χ3v) is 7.97. The lowest BCUT2D eigenvalue weighted by molar-refractivity contribution is 0.830. The molecule has 2 aromatic heterocycles. The molecule has 2 aliphatic heterocycles. The van der Waals surface area contributed by atoms with Gasteiger partial charge in [0.1, 0.15) is 6.04 Å². The van der Waals surface area contributed by atoms with Crippen molar-refractivity contribution in [2.24, 2.45) is 9.98 Å². The molecule has 0 bridgehead atoms. The first kappa shape index (κ1) is 22.7. The van der Waals surface area contributed by atoms with Gasteiger partial charge in [0.05, 0.1) is 22.8 Å². The molecule has 186 valence electrons. The number of hydrogen-bond donors (Lipinski definition) is 1. The van der Waals surface area contributed by atoms with E-state index in [0.29, 0.717) is 5.84 Å². The van der Waals surface area contributed by atoms with Gasteiger partial charge >= 0.3 is 0 Å². The summed E-state index contributed by atoms with van der Waals surface area (Å²) in [5.74, 6) is 2.34. The van der Waals surface area contributed by atoms with Gasteiger partial charge < -0.3 is 10.2 Å². The summed E-state index contributed by atoms with van der Waals surface area (Å²) in [7, 11) is 0. The van der Waals surface area contributed by atoms with E-state index in [4.69, 9.17) is 15.1 Å². The van der Waals surface area contributed by atoms with E-state index in [9.17, 15) is 0 Å². The molecule has 0 radical (unpaired) electrons. The Bertz CT molecular complexity index is 1710. The van der Waals surface area contributed by atoms with E-state index in [1.165, 1.54) is 16.0 Å². The number of benzene rings is 3. The molecule has 7 heteroatoms. The summed E-state index contributed by atoms with van der Waals surface area (Å²) in [6.07, 6.45) is 0. The fraction of sp³-hybridized carbons (Fsp3) is 0.129. The second-order valence-electron chi connectivity index (χ2n) is 9.73. The number of nitrogens with one attached hydrogen (secondary N) is 1. The van der Waals surface area contributed by atoms with Crippen LogP contribution in [0.4, 0.5) is 22.9 Å². The Morgan fingerprint density at radius 1 is 0.789 bits per heavy atom. The van der Waals surface area contributed by atoms with Crippen molar-refractivity contribution >= 4 is 45.9 Å². The van der Waals surface area contributed by atoms with Gasteiger partial charge in [0.15, 0.2) is 17.5 Å². The Balaban J connectivity index is 1.48. The molecule has 1 unspecified atom stereocenters. The molecule has 5 aromatic rings. The molecular formula is C31H26N6S. The van der Waals surface area contributed by atoms with Crippen molar-refractivity contribution in [1.82, 2.24) is 9.78 Å². The maximum absolute atomic E-state index is 5.30. The smallest absolute Gasteiger partial charge is 0.179 e. The van der Waals surface area contributed by atoms with Gasteiger partial charge in [0.25, 0.3) is 0 Å². The van der Waals surface area contributed by atoms with Crippen LogP contribution in [-0.4, -0.2) is 21.5 Å². The SMILES string of the molecule is Cc1ccc(NC2=Nc3ccccc3N3C2=Nc2c(c(C)nn2-c2ccc(C)cc2)C3c2cccs2)cc1. The van der Waals surface area contributed by atoms with E-state index in [2.05, 4.69) is 115 Å². The van der Waals surface area contributed by atoms with Crippen LogP contribution in [0.5, 0.6) is 0 Å². The molecule has 1 N–H and O–H groups in total. The van der Waals surface area contributed by atoms with Gasteiger partial charge in [-0.05, 0) is 68.6 Å². The van der Waals surface area contributed by atoms with Crippen molar-refractivity contribution in [3.05, 3.63) is 118 Å². The minimum atomic E-state index is -0.0804. The Kier molecular flexibility index (Phi) is 5.26. The number of anilines is 2. The molecule has 7 rings (SSSR count). The van der Waals surface area contributed by atoms with Crippen LogP contribution in [0.15, 0.2) is 100 Å². The van der Waals surface area contributed by atoms with Crippen molar-refractivity contribution < 1.29 is 0 Å². The first-order valence-corrected chi connectivity index (χ1v) is 13.5. The molecule has 1 atom stereocenters. The van der Waals surface area contributed by atoms with Gasteiger partial charge in [0.2, 0.25) is 0 Å². The van der Waals surface area contributed by atoms with Crippen LogP contribution in [0, 0.1) is 20.8 Å². The predicted octanol–water partition coefficient (Wildman–Crippen LogP) is 7.65. The number of rotatable bonds is 3. The third kappa shape index (κ3) is 3.66. The van der Waals surface area contributed by atoms with E-state index in [-0.39, 0.29) is 6.04 Å². The number of aromatic nitrogens is 2. The first-order valence-electron chi connectivity index (χ1n) is 12.7. The van der Waals surface area contributed by atoms with Crippen molar-refractivity contribution in [3.63, 3.8) is 0 Å². The van der Waals surface area contributed by atoms with Crippen LogP contribution in [0.3, 0.4) is 0 Å². The molecule has 0 amide bonds. The highest BCUT2D eigenvalue weighted by atomic mass is 32.1. The van der Waals surface area contributed by atoms with Crippen LogP contribution >= 0.6 is 11.3 Å². The topological polar surface area (TPSA) is 57.8 Å². The van der Waals surface area contributed by atoms with E-state index < -0.39 is 0 Å². The lowest BCUT2D eigenvalue weighted by Crippen LogP contribution is -2.46. The number of aryl methyl sites for hydroxylation is 3. The lowest BCUT2D eigenvalue weighted by Gasteiger charge is -2.40. The predicted molar refractivity (Wildman–Crippen MR) is 157 cm³/mol. The van der Waals surface area contributed by atoms with Crippen LogP contribution < -0.4 is 10.2 Å². The number of hydrogen-bond acceptors (Lipinski definition) is 6. The first-order chi connectivity index (χ1) is 18.6. The maximum atomic E-state index is 5.30. The van der Waals surface area contributed by atoms with Gasteiger partial charge in [-0.2, -0.15) is 5.10 Å². The molecule has 3 aromatic carbocycles. The van der Waals surface area contributed by atoms with E-state index in [1.54, 1.807) is 11.3 Å². The molecule has 6 nitrogen and oxygen atoms in total. The minimum Gasteiger partial charge on any atom is -0.337 e. The number of fused-ring (bicyclic) bond motifs is 4. The van der Waals surface area contributed by atoms with E-state index in [1.807, 2.05) is 10.7 Å². The quantitative estimate of drug-likeness (QED) is 0.269. The van der Waals surface area contributed by atoms with Gasteiger partial charge in [-0.1, -0.05) is 53.6 Å².